The Bertz CT molecular complexity index is 732. The third-order valence-corrected chi connectivity index (χ3v) is 4.74. The molecule has 0 aliphatic heterocycles. The van der Waals surface area contributed by atoms with Crippen LogP contribution in [-0.4, -0.2) is 24.3 Å². The van der Waals surface area contributed by atoms with Crippen LogP contribution in [0.15, 0.2) is 33.5 Å². The van der Waals surface area contributed by atoms with Crippen molar-refractivity contribution in [3.63, 3.8) is 0 Å². The summed E-state index contributed by atoms with van der Waals surface area (Å²) in [7, 11) is 1.67. The van der Waals surface area contributed by atoms with E-state index in [4.69, 9.17) is 9.15 Å². The number of aryl methyl sites for hydroxylation is 1. The summed E-state index contributed by atoms with van der Waals surface area (Å²) in [6, 6.07) is 8.17. The maximum absolute atomic E-state index is 12.1. The van der Waals surface area contributed by atoms with E-state index in [1.165, 1.54) is 11.3 Å². The van der Waals surface area contributed by atoms with Crippen molar-refractivity contribution >= 4 is 0 Å². The second kappa shape index (κ2) is 7.81. The normalized spacial score (nSPS) is 17.0. The van der Waals surface area contributed by atoms with Crippen LogP contribution in [0.4, 0.5) is 0 Å². The summed E-state index contributed by atoms with van der Waals surface area (Å²) in [6.45, 7) is 4.04. The average Bonchev–Trinajstić information content (AvgIpc) is 3.07. The topological polar surface area (TPSA) is 56.4 Å². The molecule has 1 atom stereocenters. The van der Waals surface area contributed by atoms with Gasteiger partial charge in [-0.15, -0.1) is 0 Å². The van der Waals surface area contributed by atoms with E-state index in [0.29, 0.717) is 19.2 Å². The molecule has 0 amide bonds. The number of furan rings is 1. The van der Waals surface area contributed by atoms with Crippen LogP contribution < -0.4 is 10.9 Å². The van der Waals surface area contributed by atoms with Crippen molar-refractivity contribution in [1.29, 1.82) is 0 Å². The SMILES string of the molecule is CCc1ccc(CNC2CCc3c(ccc(=O)n3CCOC)C2)o1. The number of pyridine rings is 1. The lowest BCUT2D eigenvalue weighted by Gasteiger charge is -2.27. The van der Waals surface area contributed by atoms with Gasteiger partial charge in [-0.25, -0.2) is 0 Å². The molecule has 0 fully saturated rings. The van der Waals surface area contributed by atoms with Gasteiger partial charge in [-0.1, -0.05) is 13.0 Å². The second-order valence-corrected chi connectivity index (χ2v) is 6.33. The first-order valence-corrected chi connectivity index (χ1v) is 8.72. The van der Waals surface area contributed by atoms with Crippen molar-refractivity contribution < 1.29 is 9.15 Å². The number of hydrogen-bond donors (Lipinski definition) is 1. The number of rotatable bonds is 7. The van der Waals surface area contributed by atoms with Crippen LogP contribution in [0, 0.1) is 0 Å². The molecule has 0 bridgehead atoms. The Morgan fingerprint density at radius 3 is 2.88 bits per heavy atom. The van der Waals surface area contributed by atoms with Crippen molar-refractivity contribution in [2.24, 2.45) is 0 Å². The molecule has 0 spiro atoms. The van der Waals surface area contributed by atoms with Gasteiger partial charge in [0.1, 0.15) is 11.5 Å². The molecule has 1 aliphatic carbocycles. The van der Waals surface area contributed by atoms with Crippen LogP contribution in [0.1, 0.15) is 36.1 Å². The fourth-order valence-electron chi connectivity index (χ4n) is 3.38. The van der Waals surface area contributed by atoms with Gasteiger partial charge in [0.15, 0.2) is 0 Å². The molecule has 2 aromatic rings. The minimum absolute atomic E-state index is 0.0693. The van der Waals surface area contributed by atoms with E-state index in [0.717, 1.165) is 43.7 Å². The summed E-state index contributed by atoms with van der Waals surface area (Å²) in [5.41, 5.74) is 2.51. The second-order valence-electron chi connectivity index (χ2n) is 6.33. The predicted octanol–water partition coefficient (Wildman–Crippen LogP) is 2.30. The van der Waals surface area contributed by atoms with E-state index in [-0.39, 0.29) is 5.56 Å². The zero-order valence-corrected chi connectivity index (χ0v) is 14.5. The first-order valence-electron chi connectivity index (χ1n) is 8.72. The monoisotopic (exact) mass is 330 g/mol. The Morgan fingerprint density at radius 2 is 2.12 bits per heavy atom. The number of aromatic nitrogens is 1. The molecule has 130 valence electrons. The molecule has 0 radical (unpaired) electrons. The summed E-state index contributed by atoms with van der Waals surface area (Å²) in [4.78, 5) is 12.1. The summed E-state index contributed by atoms with van der Waals surface area (Å²) in [5.74, 6) is 2.02. The Morgan fingerprint density at radius 1 is 1.29 bits per heavy atom. The highest BCUT2D eigenvalue weighted by atomic mass is 16.5. The molecular formula is C19H26N2O3. The summed E-state index contributed by atoms with van der Waals surface area (Å²) in [5, 5.41) is 3.59. The molecular weight excluding hydrogens is 304 g/mol. The molecule has 2 heterocycles. The van der Waals surface area contributed by atoms with Crippen molar-refractivity contribution in [3.05, 3.63) is 57.4 Å². The van der Waals surface area contributed by atoms with Crippen LogP contribution >= 0.6 is 0 Å². The number of fused-ring (bicyclic) bond motifs is 1. The number of ether oxygens (including phenoxy) is 1. The first kappa shape index (κ1) is 17.0. The van der Waals surface area contributed by atoms with Crippen molar-refractivity contribution in [2.45, 2.75) is 51.7 Å². The van der Waals surface area contributed by atoms with Crippen molar-refractivity contribution in [2.75, 3.05) is 13.7 Å². The summed E-state index contributed by atoms with van der Waals surface area (Å²) < 4.78 is 12.7. The number of methoxy groups -OCH3 is 1. The molecule has 1 unspecified atom stereocenters. The third-order valence-electron chi connectivity index (χ3n) is 4.74. The molecule has 0 saturated carbocycles. The highest BCUT2D eigenvalue weighted by Crippen LogP contribution is 2.21. The van der Waals surface area contributed by atoms with Crippen LogP contribution in [-0.2, 0) is 37.1 Å². The fourth-order valence-corrected chi connectivity index (χ4v) is 3.38. The highest BCUT2D eigenvalue weighted by Gasteiger charge is 2.21. The van der Waals surface area contributed by atoms with Gasteiger partial charge in [0, 0.05) is 37.9 Å². The Kier molecular flexibility index (Phi) is 5.53. The zero-order valence-electron chi connectivity index (χ0n) is 14.5. The molecule has 5 nitrogen and oxygen atoms in total. The third kappa shape index (κ3) is 3.79. The summed E-state index contributed by atoms with van der Waals surface area (Å²) in [6.07, 6.45) is 3.83. The highest BCUT2D eigenvalue weighted by molar-refractivity contribution is 5.25. The van der Waals surface area contributed by atoms with Crippen molar-refractivity contribution in [3.8, 4) is 0 Å². The predicted molar refractivity (Wildman–Crippen MR) is 93.3 cm³/mol. The molecule has 1 N–H and O–H groups in total. The standard InChI is InChI=1S/C19H26N2O3/c1-3-16-6-7-17(24-16)13-20-15-5-8-18-14(12-15)4-9-19(22)21(18)10-11-23-2/h4,6-7,9,15,20H,3,5,8,10-13H2,1-2H3. The quantitative estimate of drug-likeness (QED) is 0.846. The molecule has 2 aromatic heterocycles. The van der Waals surface area contributed by atoms with Gasteiger partial charge in [0.2, 0.25) is 0 Å². The van der Waals surface area contributed by atoms with E-state index in [9.17, 15) is 4.79 Å². The number of nitrogens with zero attached hydrogens (tertiary/aromatic N) is 1. The van der Waals surface area contributed by atoms with Gasteiger partial charge in [-0.2, -0.15) is 0 Å². The van der Waals surface area contributed by atoms with Crippen LogP contribution in [0.5, 0.6) is 0 Å². The van der Waals surface area contributed by atoms with E-state index < -0.39 is 0 Å². The van der Waals surface area contributed by atoms with Crippen LogP contribution in [0.2, 0.25) is 0 Å². The Balaban J connectivity index is 1.65. The van der Waals surface area contributed by atoms with Gasteiger partial charge in [0.05, 0.1) is 13.2 Å². The Hall–Kier alpha value is -1.85. The van der Waals surface area contributed by atoms with E-state index in [2.05, 4.69) is 12.2 Å². The van der Waals surface area contributed by atoms with Gasteiger partial charge in [-0.05, 0) is 37.0 Å². The van der Waals surface area contributed by atoms with Crippen LogP contribution in [0.3, 0.4) is 0 Å². The fraction of sp³-hybridized carbons (Fsp3) is 0.526. The van der Waals surface area contributed by atoms with Gasteiger partial charge in [0.25, 0.3) is 5.56 Å². The smallest absolute Gasteiger partial charge is 0.250 e. The average molecular weight is 330 g/mol. The van der Waals surface area contributed by atoms with Gasteiger partial charge >= 0.3 is 0 Å². The lowest BCUT2D eigenvalue weighted by atomic mass is 9.91. The Labute approximate surface area is 142 Å². The minimum atomic E-state index is 0.0693. The van der Waals surface area contributed by atoms with Crippen molar-refractivity contribution in [1.82, 2.24) is 9.88 Å². The maximum atomic E-state index is 12.1. The van der Waals surface area contributed by atoms with Gasteiger partial charge < -0.3 is 19.0 Å². The summed E-state index contributed by atoms with van der Waals surface area (Å²) >= 11 is 0. The molecule has 0 aromatic carbocycles. The molecule has 0 saturated heterocycles. The molecule has 3 rings (SSSR count). The molecule has 5 heteroatoms. The first-order chi connectivity index (χ1) is 11.7. The largest absolute Gasteiger partial charge is 0.465 e. The lowest BCUT2D eigenvalue weighted by Crippen LogP contribution is -2.37. The minimum Gasteiger partial charge on any atom is -0.465 e. The zero-order chi connectivity index (χ0) is 16.9. The van der Waals surface area contributed by atoms with Crippen LogP contribution in [0.25, 0.3) is 0 Å². The number of nitrogens with one attached hydrogen (secondary N) is 1. The number of hydrogen-bond acceptors (Lipinski definition) is 4. The molecule has 24 heavy (non-hydrogen) atoms. The molecule has 1 aliphatic rings. The van der Waals surface area contributed by atoms with E-state index >= 15 is 0 Å². The van der Waals surface area contributed by atoms with E-state index in [1.54, 1.807) is 13.2 Å². The van der Waals surface area contributed by atoms with E-state index in [1.807, 2.05) is 22.8 Å². The maximum Gasteiger partial charge on any atom is 0.250 e. The van der Waals surface area contributed by atoms with Gasteiger partial charge in [-0.3, -0.25) is 4.79 Å². The lowest BCUT2D eigenvalue weighted by molar-refractivity contribution is 0.184.